The Morgan fingerprint density at radius 3 is 2.66 bits per heavy atom. The molecule has 7 nitrogen and oxygen atoms in total. The van der Waals surface area contributed by atoms with E-state index in [1.807, 2.05) is 53.4 Å². The lowest BCUT2D eigenvalue weighted by Crippen LogP contribution is -2.54. The van der Waals surface area contributed by atoms with Gasteiger partial charge in [0.2, 0.25) is 0 Å². The molecule has 2 aromatic carbocycles. The molecule has 1 aliphatic heterocycles. The second kappa shape index (κ2) is 12.2. The average molecular weight is 517 g/mol. The van der Waals surface area contributed by atoms with Crippen molar-refractivity contribution in [3.05, 3.63) is 78.2 Å². The third-order valence-corrected chi connectivity index (χ3v) is 7.96. The zero-order chi connectivity index (χ0) is 26.4. The van der Waals surface area contributed by atoms with E-state index in [1.165, 1.54) is 5.56 Å². The van der Waals surface area contributed by atoms with Crippen molar-refractivity contribution < 1.29 is 14.6 Å². The van der Waals surface area contributed by atoms with Gasteiger partial charge in [0.05, 0.1) is 24.7 Å². The van der Waals surface area contributed by atoms with Gasteiger partial charge >= 0.3 is 0 Å². The van der Waals surface area contributed by atoms with E-state index in [2.05, 4.69) is 28.9 Å². The molecule has 1 saturated heterocycles. The van der Waals surface area contributed by atoms with Crippen molar-refractivity contribution in [1.29, 1.82) is 0 Å². The van der Waals surface area contributed by atoms with E-state index in [0.717, 1.165) is 56.5 Å². The van der Waals surface area contributed by atoms with Crippen molar-refractivity contribution >= 4 is 5.91 Å². The van der Waals surface area contributed by atoms with Gasteiger partial charge in [-0.25, -0.2) is 4.98 Å². The standard InChI is InChI=1S/C31H40N4O3/c1-2-19-38-22-31(37)16-10-9-15-27(31)35-23-33-28(29(35)25-13-7-4-8-14-25)30(36)34-18-17-32-21-26(34)20-24-11-5-3-6-12-24/h3-8,11-14,23,26-27,32,37H,2,9-10,15-22H2,1H3/t26-,27?,31?/m1/s1. The van der Waals surface area contributed by atoms with Crippen LogP contribution in [0.3, 0.4) is 0 Å². The van der Waals surface area contributed by atoms with Gasteiger partial charge in [-0.2, -0.15) is 0 Å². The van der Waals surface area contributed by atoms with Crippen LogP contribution in [0.25, 0.3) is 11.3 Å². The van der Waals surface area contributed by atoms with Crippen molar-refractivity contribution in [3.63, 3.8) is 0 Å². The Kier molecular flexibility index (Phi) is 8.57. The molecule has 1 saturated carbocycles. The zero-order valence-electron chi connectivity index (χ0n) is 22.4. The predicted octanol–water partition coefficient (Wildman–Crippen LogP) is 4.48. The fourth-order valence-electron chi connectivity index (χ4n) is 6.03. The summed E-state index contributed by atoms with van der Waals surface area (Å²) < 4.78 is 7.94. The quantitative estimate of drug-likeness (QED) is 0.410. The molecule has 2 heterocycles. The number of ether oxygens (including phenoxy) is 1. The van der Waals surface area contributed by atoms with Gasteiger partial charge in [-0.05, 0) is 31.2 Å². The van der Waals surface area contributed by atoms with E-state index in [4.69, 9.17) is 9.72 Å². The fourth-order valence-corrected chi connectivity index (χ4v) is 6.03. The molecular formula is C31H40N4O3. The number of piperazine rings is 1. The lowest BCUT2D eigenvalue weighted by atomic mass is 9.80. The van der Waals surface area contributed by atoms with Crippen LogP contribution in [-0.2, 0) is 11.2 Å². The Bertz CT molecular complexity index is 1180. The minimum Gasteiger partial charge on any atom is -0.385 e. The Balaban J connectivity index is 1.50. The molecule has 2 N–H and O–H groups in total. The number of carbonyl (C=O) groups is 1. The lowest BCUT2D eigenvalue weighted by Gasteiger charge is -2.41. The van der Waals surface area contributed by atoms with Crippen molar-refractivity contribution in [3.8, 4) is 11.3 Å². The first kappa shape index (κ1) is 26.6. The highest BCUT2D eigenvalue weighted by atomic mass is 16.5. The van der Waals surface area contributed by atoms with Crippen LogP contribution in [0.15, 0.2) is 67.0 Å². The van der Waals surface area contributed by atoms with Gasteiger partial charge in [0.15, 0.2) is 5.69 Å². The number of amides is 1. The molecule has 3 atom stereocenters. The Morgan fingerprint density at radius 2 is 1.89 bits per heavy atom. The Morgan fingerprint density at radius 1 is 1.13 bits per heavy atom. The number of hydrogen-bond acceptors (Lipinski definition) is 5. The third-order valence-electron chi connectivity index (χ3n) is 7.96. The summed E-state index contributed by atoms with van der Waals surface area (Å²) in [6, 6.07) is 20.2. The van der Waals surface area contributed by atoms with E-state index in [1.54, 1.807) is 6.33 Å². The number of nitrogens with one attached hydrogen (secondary N) is 1. The topological polar surface area (TPSA) is 79.6 Å². The first-order valence-electron chi connectivity index (χ1n) is 14.1. The van der Waals surface area contributed by atoms with E-state index >= 15 is 0 Å². The van der Waals surface area contributed by atoms with E-state index < -0.39 is 5.60 Å². The van der Waals surface area contributed by atoms with Crippen LogP contribution in [0.4, 0.5) is 0 Å². The molecule has 7 heteroatoms. The molecule has 2 fully saturated rings. The number of aliphatic hydroxyl groups is 1. The average Bonchev–Trinajstić information content (AvgIpc) is 3.39. The second-order valence-electron chi connectivity index (χ2n) is 10.7. The van der Waals surface area contributed by atoms with Gasteiger partial charge in [-0.1, -0.05) is 80.4 Å². The molecule has 0 radical (unpaired) electrons. The third kappa shape index (κ3) is 5.70. The molecule has 1 aliphatic carbocycles. The minimum atomic E-state index is -0.997. The summed E-state index contributed by atoms with van der Waals surface area (Å²) >= 11 is 0. The largest absolute Gasteiger partial charge is 0.385 e. The van der Waals surface area contributed by atoms with Gasteiger partial charge in [-0.3, -0.25) is 4.79 Å². The first-order chi connectivity index (χ1) is 18.6. The number of carbonyl (C=O) groups excluding carboxylic acids is 1. The maximum Gasteiger partial charge on any atom is 0.275 e. The number of rotatable bonds is 9. The highest BCUT2D eigenvalue weighted by Crippen LogP contribution is 2.41. The van der Waals surface area contributed by atoms with Crippen molar-refractivity contribution in [2.24, 2.45) is 0 Å². The number of nitrogens with zero attached hydrogens (tertiary/aromatic N) is 3. The van der Waals surface area contributed by atoms with E-state index in [0.29, 0.717) is 25.3 Å². The molecule has 1 amide bonds. The van der Waals surface area contributed by atoms with Crippen LogP contribution < -0.4 is 5.32 Å². The van der Waals surface area contributed by atoms with Crippen molar-refractivity contribution in [2.75, 3.05) is 32.8 Å². The summed E-state index contributed by atoms with van der Waals surface area (Å²) in [6.45, 7) is 5.13. The van der Waals surface area contributed by atoms with Crippen molar-refractivity contribution in [2.45, 2.75) is 63.1 Å². The molecule has 2 unspecified atom stereocenters. The van der Waals surface area contributed by atoms with Crippen LogP contribution in [0.1, 0.15) is 61.1 Å². The summed E-state index contributed by atoms with van der Waals surface area (Å²) in [5.74, 6) is -0.0494. The molecule has 0 bridgehead atoms. The normalized spacial score (nSPS) is 23.9. The maximum absolute atomic E-state index is 14.2. The van der Waals surface area contributed by atoms with E-state index in [9.17, 15) is 9.90 Å². The SMILES string of the molecule is CCCOCC1(O)CCCCC1n1cnc(C(=O)N2CCNC[C@H]2Cc2ccccc2)c1-c1ccccc1. The lowest BCUT2D eigenvalue weighted by molar-refractivity contribution is -0.0990. The highest BCUT2D eigenvalue weighted by Gasteiger charge is 2.42. The predicted molar refractivity (Wildman–Crippen MR) is 149 cm³/mol. The monoisotopic (exact) mass is 516 g/mol. The molecular weight excluding hydrogens is 476 g/mol. The van der Waals surface area contributed by atoms with Crippen LogP contribution in [-0.4, -0.2) is 70.0 Å². The minimum absolute atomic E-state index is 0.0430. The first-order valence-corrected chi connectivity index (χ1v) is 14.1. The van der Waals surface area contributed by atoms with Crippen molar-refractivity contribution in [1.82, 2.24) is 19.8 Å². The molecule has 38 heavy (non-hydrogen) atoms. The number of imidazole rings is 1. The van der Waals surface area contributed by atoms with Crippen LogP contribution >= 0.6 is 0 Å². The zero-order valence-corrected chi connectivity index (χ0v) is 22.4. The molecule has 1 aromatic heterocycles. The van der Waals surface area contributed by atoms with Crippen LogP contribution in [0.5, 0.6) is 0 Å². The summed E-state index contributed by atoms with van der Waals surface area (Å²) in [6.07, 6.45) is 6.95. The number of aromatic nitrogens is 2. The molecule has 202 valence electrons. The summed E-state index contributed by atoms with van der Waals surface area (Å²) in [5.41, 5.74) is 2.40. The van der Waals surface area contributed by atoms with Crippen LogP contribution in [0, 0.1) is 0 Å². The van der Waals surface area contributed by atoms with Gasteiger partial charge < -0.3 is 24.6 Å². The Labute approximate surface area is 225 Å². The van der Waals surface area contributed by atoms with Gasteiger partial charge in [0.1, 0.15) is 5.60 Å². The van der Waals surface area contributed by atoms with Gasteiger partial charge in [0, 0.05) is 37.8 Å². The molecule has 3 aromatic rings. The summed E-state index contributed by atoms with van der Waals surface area (Å²) in [7, 11) is 0. The fraction of sp³-hybridized carbons (Fsp3) is 0.484. The summed E-state index contributed by atoms with van der Waals surface area (Å²) in [4.78, 5) is 20.9. The highest BCUT2D eigenvalue weighted by molar-refractivity contribution is 5.98. The van der Waals surface area contributed by atoms with Gasteiger partial charge in [-0.15, -0.1) is 0 Å². The summed E-state index contributed by atoms with van der Waals surface area (Å²) in [5, 5.41) is 15.3. The smallest absolute Gasteiger partial charge is 0.275 e. The number of benzene rings is 2. The second-order valence-corrected chi connectivity index (χ2v) is 10.7. The maximum atomic E-state index is 14.2. The van der Waals surface area contributed by atoms with Crippen LogP contribution in [0.2, 0.25) is 0 Å². The van der Waals surface area contributed by atoms with Gasteiger partial charge in [0.25, 0.3) is 5.91 Å². The molecule has 5 rings (SSSR count). The van der Waals surface area contributed by atoms with E-state index in [-0.39, 0.29) is 24.6 Å². The molecule has 2 aliphatic rings. The number of hydrogen-bond donors (Lipinski definition) is 2. The Hall–Kier alpha value is -3.00. The molecule has 0 spiro atoms.